The molecule has 1 aromatic heterocycles. The molecule has 0 saturated carbocycles. The van der Waals surface area contributed by atoms with Gasteiger partial charge in [0, 0.05) is 40.9 Å². The maximum absolute atomic E-state index is 13.0. The number of rotatable bonds is 7. The fourth-order valence-corrected chi connectivity index (χ4v) is 4.95. The summed E-state index contributed by atoms with van der Waals surface area (Å²) in [5.41, 5.74) is 4.23. The molecule has 5 nitrogen and oxygen atoms in total. The number of aromatic nitrogens is 1. The number of fused-ring (bicyclic) bond motifs is 1. The maximum atomic E-state index is 13.0. The Kier molecular flexibility index (Phi) is 8.89. The third-order valence-electron chi connectivity index (χ3n) is 4.99. The van der Waals surface area contributed by atoms with Crippen LogP contribution < -0.4 is 0 Å². The summed E-state index contributed by atoms with van der Waals surface area (Å²) in [7, 11) is 5.83. The molecule has 2 aromatic carbocycles. The van der Waals surface area contributed by atoms with E-state index >= 15 is 0 Å². The van der Waals surface area contributed by atoms with Crippen LogP contribution in [0.1, 0.15) is 34.1 Å². The van der Waals surface area contributed by atoms with Crippen LogP contribution in [0.15, 0.2) is 39.7 Å². The summed E-state index contributed by atoms with van der Waals surface area (Å²) >= 11 is 5.15. The normalized spacial score (nSPS) is 11.1. The molecule has 3 rings (SSSR count). The number of phenolic OH excluding ortho intramolecular Hbond substituents is 1. The molecule has 0 amide bonds. The van der Waals surface area contributed by atoms with Gasteiger partial charge in [-0.1, -0.05) is 17.7 Å². The second kappa shape index (κ2) is 10.8. The predicted octanol–water partition coefficient (Wildman–Crippen LogP) is 5.91. The minimum Gasteiger partial charge on any atom is -0.506 e. The number of hydrogen-bond donors (Lipinski definition) is 1. The topological polar surface area (TPSA) is 54.7 Å². The second-order valence-electron chi connectivity index (χ2n) is 7.52. The van der Waals surface area contributed by atoms with Crippen molar-refractivity contribution in [3.8, 4) is 5.75 Å². The molecule has 1 heterocycles. The Morgan fingerprint density at radius 1 is 1.26 bits per heavy atom. The molecule has 3 aromatic rings. The van der Waals surface area contributed by atoms with Crippen LogP contribution in [0.3, 0.4) is 0 Å². The van der Waals surface area contributed by atoms with Crippen LogP contribution >= 0.6 is 40.1 Å². The first kappa shape index (κ1) is 25.6. The average Bonchev–Trinajstić information content (AvgIpc) is 2.96. The number of ether oxygens (including phenoxy) is 1. The Morgan fingerprint density at radius 3 is 2.48 bits per heavy atom. The highest BCUT2D eigenvalue weighted by molar-refractivity contribution is 9.10. The number of halogens is 2. The summed E-state index contributed by atoms with van der Waals surface area (Å²) in [6.45, 7) is 4.67. The lowest BCUT2D eigenvalue weighted by molar-refractivity contribution is 0.0527. The highest BCUT2D eigenvalue weighted by atomic mass is 79.9. The van der Waals surface area contributed by atoms with Gasteiger partial charge in [0.15, 0.2) is 0 Å². The van der Waals surface area contributed by atoms with Gasteiger partial charge in [-0.2, -0.15) is 0 Å². The number of phenols is 1. The second-order valence-corrected chi connectivity index (χ2v) is 9.42. The summed E-state index contributed by atoms with van der Waals surface area (Å²) in [5, 5.41) is 11.5. The number of carbonyl (C=O) groups excluding carboxylic acids is 1. The van der Waals surface area contributed by atoms with E-state index in [-0.39, 0.29) is 24.1 Å². The number of nitrogens with zero attached hydrogens (tertiary/aromatic N) is 2. The van der Waals surface area contributed by atoms with Gasteiger partial charge in [0.25, 0.3) is 0 Å². The Labute approximate surface area is 202 Å². The molecule has 0 fully saturated rings. The van der Waals surface area contributed by atoms with Gasteiger partial charge >= 0.3 is 5.97 Å². The average molecular weight is 528 g/mol. The van der Waals surface area contributed by atoms with Gasteiger partial charge in [-0.25, -0.2) is 4.79 Å². The van der Waals surface area contributed by atoms with Crippen LogP contribution in [0, 0.1) is 6.92 Å². The smallest absolute Gasteiger partial charge is 0.340 e. The molecule has 0 saturated heterocycles. The van der Waals surface area contributed by atoms with Crippen LogP contribution in [0.4, 0.5) is 0 Å². The van der Waals surface area contributed by atoms with E-state index in [1.807, 2.05) is 36.7 Å². The molecule has 0 spiro atoms. The molecule has 31 heavy (non-hydrogen) atoms. The number of esters is 1. The summed E-state index contributed by atoms with van der Waals surface area (Å²) in [5.74, 6) is 0.414. The van der Waals surface area contributed by atoms with Gasteiger partial charge < -0.3 is 19.3 Å². The molecule has 0 radical (unpaired) electrons. The number of aromatic hydroxyl groups is 1. The van der Waals surface area contributed by atoms with E-state index in [1.54, 1.807) is 18.7 Å². The highest BCUT2D eigenvalue weighted by Crippen LogP contribution is 2.41. The molecular formula is C23H28BrClN2O3S. The lowest BCUT2D eigenvalue weighted by atomic mass is 10.0. The molecular weight excluding hydrogens is 500 g/mol. The third-order valence-corrected chi connectivity index (χ3v) is 6.62. The number of aryl methyl sites for hydroxylation is 2. The molecule has 168 valence electrons. The number of carbonyl (C=O) groups is 1. The van der Waals surface area contributed by atoms with Crippen molar-refractivity contribution < 1.29 is 14.6 Å². The van der Waals surface area contributed by atoms with Crippen molar-refractivity contribution in [3.63, 3.8) is 0 Å². The maximum Gasteiger partial charge on any atom is 0.340 e. The van der Waals surface area contributed by atoms with Crippen molar-refractivity contribution in [2.24, 2.45) is 7.05 Å². The fourth-order valence-electron chi connectivity index (χ4n) is 3.53. The van der Waals surface area contributed by atoms with Gasteiger partial charge in [0.05, 0.1) is 22.2 Å². The van der Waals surface area contributed by atoms with E-state index in [2.05, 4.69) is 47.1 Å². The van der Waals surface area contributed by atoms with Crippen molar-refractivity contribution in [3.05, 3.63) is 57.2 Å². The van der Waals surface area contributed by atoms with Crippen LogP contribution in [0.5, 0.6) is 5.75 Å². The van der Waals surface area contributed by atoms with E-state index in [1.165, 1.54) is 5.56 Å². The lowest BCUT2D eigenvalue weighted by Crippen LogP contribution is -2.13. The van der Waals surface area contributed by atoms with Crippen LogP contribution in [-0.4, -0.2) is 41.2 Å². The van der Waals surface area contributed by atoms with Gasteiger partial charge in [-0.3, -0.25) is 0 Å². The van der Waals surface area contributed by atoms with E-state index in [4.69, 9.17) is 4.74 Å². The van der Waals surface area contributed by atoms with Crippen LogP contribution in [0.2, 0.25) is 0 Å². The molecule has 0 aliphatic carbocycles. The Hall–Kier alpha value is -1.67. The Bertz CT molecular complexity index is 1080. The quantitative estimate of drug-likeness (QED) is 0.306. The molecule has 0 unspecified atom stereocenters. The van der Waals surface area contributed by atoms with Crippen LogP contribution in [-0.2, 0) is 24.1 Å². The van der Waals surface area contributed by atoms with Crippen LogP contribution in [0.25, 0.3) is 10.9 Å². The van der Waals surface area contributed by atoms with E-state index in [0.717, 1.165) is 27.1 Å². The Morgan fingerprint density at radius 2 is 1.90 bits per heavy atom. The Balaban J connectivity index is 0.00000341. The van der Waals surface area contributed by atoms with E-state index in [0.29, 0.717) is 28.9 Å². The SMILES string of the molecule is CCOC(=O)c1c(CSc2ccc(C)cc2)n(C)c2cc(Br)c(O)c(CN(C)C)c12.Cl. The first-order valence-electron chi connectivity index (χ1n) is 9.77. The molecule has 0 aliphatic heterocycles. The van der Waals surface area contributed by atoms with Gasteiger partial charge in [-0.05, 0) is 62.1 Å². The van der Waals surface area contributed by atoms with Gasteiger partial charge in [-0.15, -0.1) is 24.2 Å². The highest BCUT2D eigenvalue weighted by Gasteiger charge is 2.27. The monoisotopic (exact) mass is 526 g/mol. The summed E-state index contributed by atoms with van der Waals surface area (Å²) in [6.07, 6.45) is 0. The molecule has 1 N–H and O–H groups in total. The third kappa shape index (κ3) is 5.40. The number of thioether (sulfide) groups is 1. The van der Waals surface area contributed by atoms with Gasteiger partial charge in [0.1, 0.15) is 5.75 Å². The summed E-state index contributed by atoms with van der Waals surface area (Å²) < 4.78 is 8.06. The van der Waals surface area contributed by atoms with Crippen molar-refractivity contribution in [2.45, 2.75) is 31.0 Å². The molecule has 0 aliphatic rings. The van der Waals surface area contributed by atoms with Crippen molar-refractivity contribution in [2.75, 3.05) is 20.7 Å². The van der Waals surface area contributed by atoms with Crippen molar-refractivity contribution in [1.29, 1.82) is 0 Å². The largest absolute Gasteiger partial charge is 0.506 e. The van der Waals surface area contributed by atoms with E-state index < -0.39 is 0 Å². The number of hydrogen-bond acceptors (Lipinski definition) is 5. The van der Waals surface area contributed by atoms with Crippen molar-refractivity contribution in [1.82, 2.24) is 9.47 Å². The minimum absolute atomic E-state index is 0. The summed E-state index contributed by atoms with van der Waals surface area (Å²) in [4.78, 5) is 16.1. The first-order chi connectivity index (χ1) is 14.2. The van der Waals surface area contributed by atoms with E-state index in [9.17, 15) is 9.90 Å². The zero-order valence-electron chi connectivity index (χ0n) is 18.4. The molecule has 0 atom stereocenters. The fraction of sp³-hybridized carbons (Fsp3) is 0.348. The lowest BCUT2D eigenvalue weighted by Gasteiger charge is -2.15. The predicted molar refractivity (Wildman–Crippen MR) is 134 cm³/mol. The van der Waals surface area contributed by atoms with Crippen molar-refractivity contribution >= 4 is 57.0 Å². The standard InChI is InChI=1S/C23H27BrN2O3S.ClH/c1-6-29-23(28)21-19(13-30-15-9-7-14(2)8-10-15)26(5)18-11-17(24)22(27)16(20(18)21)12-25(3)4;/h7-11,27H,6,12-13H2,1-5H3;1H. The molecule has 8 heteroatoms. The number of benzene rings is 2. The van der Waals surface area contributed by atoms with Gasteiger partial charge in [0.2, 0.25) is 0 Å². The minimum atomic E-state index is -0.357. The molecule has 0 bridgehead atoms. The zero-order valence-corrected chi connectivity index (χ0v) is 21.6. The summed E-state index contributed by atoms with van der Waals surface area (Å²) in [6, 6.07) is 10.2. The zero-order chi connectivity index (χ0) is 22.0. The first-order valence-corrected chi connectivity index (χ1v) is 11.5.